The maximum absolute atomic E-state index is 4.14. The second-order valence-electron chi connectivity index (χ2n) is 2.07. The van der Waals surface area contributed by atoms with E-state index in [1.165, 1.54) is 0 Å². The third-order valence-corrected chi connectivity index (χ3v) is 1.19. The van der Waals surface area contributed by atoms with Gasteiger partial charge in [-0.25, -0.2) is 4.99 Å². The van der Waals surface area contributed by atoms with Crippen molar-refractivity contribution in [1.29, 1.82) is 0 Å². The fourth-order valence-corrected chi connectivity index (χ4v) is 0.747. The van der Waals surface area contributed by atoms with Crippen molar-refractivity contribution >= 4 is 11.6 Å². The number of hydrogen-bond donors (Lipinski definition) is 0. The van der Waals surface area contributed by atoms with Crippen molar-refractivity contribution in [3.8, 4) is 0 Å². The van der Waals surface area contributed by atoms with Crippen molar-refractivity contribution < 1.29 is 0 Å². The summed E-state index contributed by atoms with van der Waals surface area (Å²) in [7, 11) is 0. The van der Waals surface area contributed by atoms with E-state index in [1.54, 1.807) is 12.4 Å². The molecule has 0 aromatic heterocycles. The lowest BCUT2D eigenvalue weighted by Gasteiger charge is -1.91. The largest absolute Gasteiger partial charge is 0.259 e. The van der Waals surface area contributed by atoms with Crippen LogP contribution >= 0.6 is 0 Å². The molecule has 1 rings (SSSR count). The van der Waals surface area contributed by atoms with Crippen LogP contribution in [0, 0.1) is 0 Å². The van der Waals surface area contributed by atoms with E-state index in [4.69, 9.17) is 0 Å². The number of hydrogen-bond acceptors (Lipinski definition) is 2. The standard InChI is InChI=1S/C8H10N2/c1-2-3-8-4-5-9-6-7-10-8/h4,6-7H,2-3H2,1H3. The lowest BCUT2D eigenvalue weighted by Crippen LogP contribution is -1.90. The molecule has 0 aromatic rings. The highest BCUT2D eigenvalue weighted by Gasteiger charge is 1.90. The van der Waals surface area contributed by atoms with Crippen molar-refractivity contribution in [2.45, 2.75) is 19.8 Å². The number of rotatable bonds is 2. The summed E-state index contributed by atoms with van der Waals surface area (Å²) in [5.74, 6) is 2.76. The van der Waals surface area contributed by atoms with Gasteiger partial charge >= 0.3 is 0 Å². The molecule has 1 aliphatic heterocycles. The molecule has 2 heteroatoms. The van der Waals surface area contributed by atoms with E-state index in [2.05, 4.69) is 22.8 Å². The number of aliphatic imine (C=N–C) groups is 2. The Morgan fingerprint density at radius 2 is 2.40 bits per heavy atom. The molecular weight excluding hydrogens is 124 g/mol. The molecular formula is C8H10N2. The molecule has 0 N–H and O–H groups in total. The Balaban J connectivity index is 2.66. The fourth-order valence-electron chi connectivity index (χ4n) is 0.747. The molecule has 0 saturated heterocycles. The molecule has 0 bridgehead atoms. The second kappa shape index (κ2) is 3.80. The first kappa shape index (κ1) is 6.97. The van der Waals surface area contributed by atoms with Gasteiger partial charge in [0.25, 0.3) is 0 Å². The first-order chi connectivity index (χ1) is 4.93. The number of nitrogens with zero attached hydrogens (tertiary/aromatic N) is 2. The first-order valence-electron chi connectivity index (χ1n) is 3.43. The summed E-state index contributed by atoms with van der Waals surface area (Å²) < 4.78 is 0. The maximum atomic E-state index is 4.14. The highest BCUT2D eigenvalue weighted by molar-refractivity contribution is 6.01. The molecule has 1 aliphatic rings. The Kier molecular flexibility index (Phi) is 2.65. The normalized spacial score (nSPS) is 15.1. The van der Waals surface area contributed by atoms with Crippen LogP contribution in [0.4, 0.5) is 0 Å². The zero-order chi connectivity index (χ0) is 7.23. The van der Waals surface area contributed by atoms with Gasteiger partial charge in [0.1, 0.15) is 0 Å². The molecule has 0 unspecified atom stereocenters. The smallest absolute Gasteiger partial charge is 0.0551 e. The topological polar surface area (TPSA) is 24.7 Å². The lowest BCUT2D eigenvalue weighted by atomic mass is 10.2. The fraction of sp³-hybridized carbons (Fsp3) is 0.375. The van der Waals surface area contributed by atoms with Gasteiger partial charge in [-0.2, -0.15) is 0 Å². The summed E-state index contributed by atoms with van der Waals surface area (Å²) in [6, 6.07) is 0. The summed E-state index contributed by atoms with van der Waals surface area (Å²) in [5.41, 5.74) is 1.06. The molecule has 0 atom stereocenters. The molecule has 0 spiro atoms. The van der Waals surface area contributed by atoms with Gasteiger partial charge in [-0.1, -0.05) is 13.3 Å². The minimum atomic E-state index is 1.01. The molecule has 1 heterocycles. The Morgan fingerprint density at radius 1 is 1.50 bits per heavy atom. The van der Waals surface area contributed by atoms with E-state index in [-0.39, 0.29) is 0 Å². The molecule has 10 heavy (non-hydrogen) atoms. The molecule has 0 fully saturated rings. The van der Waals surface area contributed by atoms with Crippen molar-refractivity contribution in [1.82, 2.24) is 0 Å². The molecule has 0 aliphatic carbocycles. The van der Waals surface area contributed by atoms with Gasteiger partial charge in [0, 0.05) is 18.0 Å². The summed E-state index contributed by atoms with van der Waals surface area (Å²) in [6.07, 6.45) is 7.28. The predicted molar refractivity (Wildman–Crippen MR) is 43.5 cm³/mol. The average Bonchev–Trinajstić information content (AvgIpc) is 2.17. The van der Waals surface area contributed by atoms with Crippen LogP contribution in [0.15, 0.2) is 28.5 Å². The minimum Gasteiger partial charge on any atom is -0.259 e. The minimum absolute atomic E-state index is 1.01. The summed E-state index contributed by atoms with van der Waals surface area (Å²) in [4.78, 5) is 7.94. The number of allylic oxidation sites excluding steroid dienone is 1. The van der Waals surface area contributed by atoms with Crippen LogP contribution in [0.2, 0.25) is 0 Å². The second-order valence-corrected chi connectivity index (χ2v) is 2.07. The van der Waals surface area contributed by atoms with Crippen LogP contribution < -0.4 is 0 Å². The van der Waals surface area contributed by atoms with Gasteiger partial charge in [0.2, 0.25) is 0 Å². The molecule has 0 saturated carbocycles. The Bertz CT molecular complexity index is 217. The van der Waals surface area contributed by atoms with Crippen molar-refractivity contribution in [3.05, 3.63) is 18.5 Å². The Morgan fingerprint density at radius 3 is 3.20 bits per heavy atom. The van der Waals surface area contributed by atoms with Gasteiger partial charge in [0.05, 0.1) is 6.20 Å². The van der Waals surface area contributed by atoms with Crippen molar-refractivity contribution in [3.63, 3.8) is 0 Å². The van der Waals surface area contributed by atoms with E-state index < -0.39 is 0 Å². The van der Waals surface area contributed by atoms with E-state index in [9.17, 15) is 0 Å². The molecule has 2 nitrogen and oxygen atoms in total. The van der Waals surface area contributed by atoms with Gasteiger partial charge in [0.15, 0.2) is 0 Å². The monoisotopic (exact) mass is 134 g/mol. The molecule has 0 aromatic carbocycles. The van der Waals surface area contributed by atoms with Crippen LogP contribution in [-0.2, 0) is 0 Å². The molecule has 0 radical (unpaired) electrons. The highest BCUT2D eigenvalue weighted by atomic mass is 14.8. The third-order valence-electron chi connectivity index (χ3n) is 1.19. The third kappa shape index (κ3) is 2.00. The predicted octanol–water partition coefficient (Wildman–Crippen LogP) is 1.94. The van der Waals surface area contributed by atoms with E-state index in [1.807, 2.05) is 6.08 Å². The van der Waals surface area contributed by atoms with Gasteiger partial charge in [-0.3, -0.25) is 4.99 Å². The van der Waals surface area contributed by atoms with Crippen molar-refractivity contribution in [2.24, 2.45) is 9.98 Å². The lowest BCUT2D eigenvalue weighted by molar-refractivity contribution is 0.996. The quantitative estimate of drug-likeness (QED) is 0.551. The maximum Gasteiger partial charge on any atom is 0.0551 e. The van der Waals surface area contributed by atoms with Crippen LogP contribution in [0.1, 0.15) is 19.8 Å². The Hall–Kier alpha value is -1.14. The molecule has 0 amide bonds. The zero-order valence-corrected chi connectivity index (χ0v) is 6.04. The summed E-state index contributed by atoms with van der Waals surface area (Å²) >= 11 is 0. The van der Waals surface area contributed by atoms with Crippen LogP contribution in [-0.4, -0.2) is 11.6 Å². The van der Waals surface area contributed by atoms with E-state index >= 15 is 0 Å². The zero-order valence-electron chi connectivity index (χ0n) is 6.04. The highest BCUT2D eigenvalue weighted by Crippen LogP contribution is 1.95. The average molecular weight is 134 g/mol. The van der Waals surface area contributed by atoms with E-state index in [0.29, 0.717) is 0 Å². The molecule has 52 valence electrons. The van der Waals surface area contributed by atoms with Gasteiger partial charge in [-0.15, -0.1) is 0 Å². The van der Waals surface area contributed by atoms with Crippen LogP contribution in [0.3, 0.4) is 0 Å². The van der Waals surface area contributed by atoms with Crippen LogP contribution in [0.25, 0.3) is 0 Å². The first-order valence-corrected chi connectivity index (χ1v) is 3.43. The SMILES string of the molecule is CCCC1=NC=CN=C=C1. The van der Waals surface area contributed by atoms with Crippen molar-refractivity contribution in [2.75, 3.05) is 0 Å². The van der Waals surface area contributed by atoms with Crippen LogP contribution in [0.5, 0.6) is 0 Å². The van der Waals surface area contributed by atoms with E-state index in [0.717, 1.165) is 18.6 Å². The Labute approximate surface area is 60.7 Å². The summed E-state index contributed by atoms with van der Waals surface area (Å²) in [6.45, 7) is 2.13. The van der Waals surface area contributed by atoms with Gasteiger partial charge in [-0.05, 0) is 12.3 Å². The summed E-state index contributed by atoms with van der Waals surface area (Å²) in [5, 5.41) is 0. The van der Waals surface area contributed by atoms with Gasteiger partial charge < -0.3 is 0 Å².